The predicted molar refractivity (Wildman–Crippen MR) is 70.2 cm³/mol. The van der Waals surface area contributed by atoms with E-state index in [1.54, 1.807) is 0 Å². The number of thiophene rings is 1. The van der Waals surface area contributed by atoms with Crippen molar-refractivity contribution in [2.45, 2.75) is 32.4 Å². The zero-order valence-corrected chi connectivity index (χ0v) is 11.3. The van der Waals surface area contributed by atoms with Gasteiger partial charge in [0, 0.05) is 17.5 Å². The van der Waals surface area contributed by atoms with Gasteiger partial charge in [-0.25, -0.2) is 0 Å². The summed E-state index contributed by atoms with van der Waals surface area (Å²) in [5.41, 5.74) is 0. The number of hydrogen-bond acceptors (Lipinski definition) is 4. The molecule has 0 unspecified atom stereocenters. The van der Waals surface area contributed by atoms with E-state index < -0.39 is 0 Å². The van der Waals surface area contributed by atoms with Crippen LogP contribution in [0.4, 0.5) is 0 Å². The summed E-state index contributed by atoms with van der Waals surface area (Å²) >= 11 is 1.82. The molecule has 1 fully saturated rings. The van der Waals surface area contributed by atoms with Gasteiger partial charge in [-0.3, -0.25) is 0 Å². The fourth-order valence-corrected chi connectivity index (χ4v) is 3.03. The van der Waals surface area contributed by atoms with Crippen molar-refractivity contribution in [2.75, 3.05) is 19.9 Å². The summed E-state index contributed by atoms with van der Waals surface area (Å²) in [4.78, 5) is 1.41. The van der Waals surface area contributed by atoms with Gasteiger partial charge in [0.1, 0.15) is 6.79 Å². The van der Waals surface area contributed by atoms with Crippen molar-refractivity contribution < 1.29 is 9.47 Å². The van der Waals surface area contributed by atoms with Crippen LogP contribution in [0, 0.1) is 5.92 Å². The quantitative estimate of drug-likeness (QED) is 0.877. The lowest BCUT2D eigenvalue weighted by molar-refractivity contribution is -0.137. The molecule has 0 bridgehead atoms. The van der Waals surface area contributed by atoms with Crippen LogP contribution in [0.3, 0.4) is 0 Å². The topological polar surface area (TPSA) is 30.5 Å². The second-order valence-electron chi connectivity index (χ2n) is 4.75. The van der Waals surface area contributed by atoms with Crippen LogP contribution in [0.1, 0.15) is 31.2 Å². The van der Waals surface area contributed by atoms with Crippen molar-refractivity contribution in [3.63, 3.8) is 0 Å². The van der Waals surface area contributed by atoms with Gasteiger partial charge < -0.3 is 14.8 Å². The van der Waals surface area contributed by atoms with E-state index in [-0.39, 0.29) is 0 Å². The average Bonchev–Trinajstić information content (AvgIpc) is 2.84. The fourth-order valence-electron chi connectivity index (χ4n) is 2.05. The van der Waals surface area contributed by atoms with E-state index in [0.717, 1.165) is 19.6 Å². The number of rotatable bonds is 5. The highest BCUT2D eigenvalue weighted by atomic mass is 32.1. The summed E-state index contributed by atoms with van der Waals surface area (Å²) in [6.45, 7) is 6.67. The molecule has 1 saturated heterocycles. The summed E-state index contributed by atoms with van der Waals surface area (Å²) < 4.78 is 10.7. The molecule has 1 aliphatic rings. The molecule has 0 aromatic carbocycles. The molecule has 2 heterocycles. The lowest BCUT2D eigenvalue weighted by Crippen LogP contribution is -2.37. The summed E-state index contributed by atoms with van der Waals surface area (Å²) in [5.74, 6) is 0.591. The average molecular weight is 255 g/mol. The van der Waals surface area contributed by atoms with Gasteiger partial charge in [0.05, 0.1) is 12.7 Å². The minimum Gasteiger partial charge on any atom is -0.355 e. The van der Waals surface area contributed by atoms with E-state index in [1.807, 2.05) is 11.3 Å². The normalized spacial score (nSPS) is 22.9. The smallest absolute Gasteiger partial charge is 0.147 e. The number of nitrogens with one attached hydrogen (secondary N) is 1. The molecule has 0 aliphatic carbocycles. The van der Waals surface area contributed by atoms with Crippen LogP contribution in [0.15, 0.2) is 17.5 Å². The molecule has 0 radical (unpaired) electrons. The summed E-state index contributed by atoms with van der Waals surface area (Å²) in [6, 6.07) is 4.75. The van der Waals surface area contributed by atoms with Gasteiger partial charge in [-0.15, -0.1) is 11.3 Å². The third kappa shape index (κ3) is 3.78. The van der Waals surface area contributed by atoms with Crippen LogP contribution in [0.25, 0.3) is 0 Å². The van der Waals surface area contributed by atoms with Crippen LogP contribution < -0.4 is 5.32 Å². The zero-order chi connectivity index (χ0) is 12.1. The highest BCUT2D eigenvalue weighted by Crippen LogP contribution is 2.25. The van der Waals surface area contributed by atoms with Crippen molar-refractivity contribution in [3.8, 4) is 0 Å². The molecular weight excluding hydrogens is 234 g/mol. The van der Waals surface area contributed by atoms with Crippen molar-refractivity contribution in [3.05, 3.63) is 22.4 Å². The molecule has 0 saturated carbocycles. The maximum atomic E-state index is 5.54. The van der Waals surface area contributed by atoms with Crippen LogP contribution >= 0.6 is 11.3 Å². The van der Waals surface area contributed by atoms with Crippen molar-refractivity contribution in [1.82, 2.24) is 5.32 Å². The van der Waals surface area contributed by atoms with Crippen molar-refractivity contribution in [1.29, 1.82) is 0 Å². The molecule has 1 N–H and O–H groups in total. The molecule has 0 amide bonds. The van der Waals surface area contributed by atoms with E-state index >= 15 is 0 Å². The molecule has 96 valence electrons. The second-order valence-corrected chi connectivity index (χ2v) is 5.73. The number of ether oxygens (including phenoxy) is 2. The van der Waals surface area contributed by atoms with Gasteiger partial charge in [-0.2, -0.15) is 0 Å². The predicted octanol–water partition coefficient (Wildman–Crippen LogP) is 2.80. The molecule has 1 aromatic heterocycles. The van der Waals surface area contributed by atoms with E-state index in [0.29, 0.717) is 24.9 Å². The van der Waals surface area contributed by atoms with Gasteiger partial charge in [-0.05, 0) is 23.8 Å². The molecular formula is C13H21NO2S. The van der Waals surface area contributed by atoms with Crippen LogP contribution in [-0.4, -0.2) is 26.0 Å². The largest absolute Gasteiger partial charge is 0.355 e. The fraction of sp³-hybridized carbons (Fsp3) is 0.692. The molecule has 2 rings (SSSR count). The molecule has 1 aliphatic heterocycles. The standard InChI is InChI=1S/C13H21NO2S/c1-10(2)13(12-4-3-7-17-12)14-8-11-5-6-15-9-16-11/h3-4,7,10-11,13-14H,5-6,8-9H2,1-2H3/t11-,13-/m1/s1. The molecule has 1 aromatic rings. The monoisotopic (exact) mass is 255 g/mol. The lowest BCUT2D eigenvalue weighted by Gasteiger charge is -2.27. The van der Waals surface area contributed by atoms with Crippen molar-refractivity contribution in [2.24, 2.45) is 5.92 Å². The SMILES string of the molecule is CC(C)[C@@H](NC[C@H]1CCOCO1)c1cccs1. The molecule has 2 atom stereocenters. The summed E-state index contributed by atoms with van der Waals surface area (Å²) in [5, 5.41) is 5.76. The second kappa shape index (κ2) is 6.50. The maximum Gasteiger partial charge on any atom is 0.147 e. The number of hydrogen-bond donors (Lipinski definition) is 1. The third-order valence-electron chi connectivity index (χ3n) is 3.05. The van der Waals surface area contributed by atoms with Gasteiger partial charge in [0.25, 0.3) is 0 Å². The van der Waals surface area contributed by atoms with E-state index in [1.165, 1.54) is 4.88 Å². The van der Waals surface area contributed by atoms with Crippen LogP contribution in [-0.2, 0) is 9.47 Å². The van der Waals surface area contributed by atoms with Crippen molar-refractivity contribution >= 4 is 11.3 Å². The minimum atomic E-state index is 0.296. The Morgan fingerprint density at radius 1 is 1.53 bits per heavy atom. The van der Waals surface area contributed by atoms with Gasteiger partial charge in [-0.1, -0.05) is 19.9 Å². The molecule has 0 spiro atoms. The highest BCUT2D eigenvalue weighted by Gasteiger charge is 2.20. The minimum absolute atomic E-state index is 0.296. The molecule has 17 heavy (non-hydrogen) atoms. The van der Waals surface area contributed by atoms with Gasteiger partial charge in [0.2, 0.25) is 0 Å². The first-order chi connectivity index (χ1) is 8.27. The first-order valence-corrected chi connectivity index (χ1v) is 7.11. The Hall–Kier alpha value is -0.420. The van der Waals surface area contributed by atoms with E-state index in [4.69, 9.17) is 9.47 Å². The Morgan fingerprint density at radius 3 is 3.00 bits per heavy atom. The third-order valence-corrected chi connectivity index (χ3v) is 4.01. The summed E-state index contributed by atoms with van der Waals surface area (Å²) in [6.07, 6.45) is 1.28. The first-order valence-electron chi connectivity index (χ1n) is 6.23. The Bertz CT molecular complexity index is 307. The lowest BCUT2D eigenvalue weighted by atomic mass is 10.0. The molecule has 3 nitrogen and oxygen atoms in total. The van der Waals surface area contributed by atoms with E-state index in [2.05, 4.69) is 36.7 Å². The van der Waals surface area contributed by atoms with Crippen LogP contribution in [0.2, 0.25) is 0 Å². The Morgan fingerprint density at radius 2 is 2.41 bits per heavy atom. The maximum absolute atomic E-state index is 5.54. The summed E-state index contributed by atoms with van der Waals surface area (Å²) in [7, 11) is 0. The van der Waals surface area contributed by atoms with Gasteiger partial charge >= 0.3 is 0 Å². The Labute approximate surface area is 107 Å². The highest BCUT2D eigenvalue weighted by molar-refractivity contribution is 7.10. The first kappa shape index (κ1) is 13.0. The Kier molecular flexibility index (Phi) is 4.98. The van der Waals surface area contributed by atoms with Crippen LogP contribution in [0.5, 0.6) is 0 Å². The Balaban J connectivity index is 1.85. The van der Waals surface area contributed by atoms with E-state index in [9.17, 15) is 0 Å². The molecule has 4 heteroatoms. The van der Waals surface area contributed by atoms with Gasteiger partial charge in [0.15, 0.2) is 0 Å². The zero-order valence-electron chi connectivity index (χ0n) is 10.5.